The van der Waals surface area contributed by atoms with Crippen LogP contribution >= 0.6 is 0 Å². The molecular weight excluding hydrogens is 222 g/mol. The van der Waals surface area contributed by atoms with Crippen LogP contribution < -0.4 is 5.73 Å². The molecule has 2 aromatic rings. The van der Waals surface area contributed by atoms with Gasteiger partial charge in [-0.05, 0) is 31.2 Å². The van der Waals surface area contributed by atoms with Gasteiger partial charge in [-0.15, -0.1) is 0 Å². The summed E-state index contributed by atoms with van der Waals surface area (Å²) in [7, 11) is 0. The SMILES string of the molecule is CC(N)Cc1cccn1-c1ccc(F)cc1F. The average Bonchev–Trinajstić information content (AvgIpc) is 2.65. The van der Waals surface area contributed by atoms with Crippen LogP contribution in [-0.4, -0.2) is 10.6 Å². The van der Waals surface area contributed by atoms with Crippen molar-refractivity contribution in [1.29, 1.82) is 0 Å². The predicted molar refractivity (Wildman–Crippen MR) is 63.0 cm³/mol. The van der Waals surface area contributed by atoms with Crippen LogP contribution in [0, 0.1) is 11.6 Å². The van der Waals surface area contributed by atoms with Gasteiger partial charge in [-0.1, -0.05) is 0 Å². The predicted octanol–water partition coefficient (Wildman–Crippen LogP) is 2.65. The van der Waals surface area contributed by atoms with Crippen LogP contribution in [0.1, 0.15) is 12.6 Å². The van der Waals surface area contributed by atoms with Gasteiger partial charge in [-0.25, -0.2) is 8.78 Å². The zero-order valence-electron chi connectivity index (χ0n) is 9.53. The number of halogens is 2. The Labute approximate surface area is 98.7 Å². The molecule has 0 saturated carbocycles. The number of benzene rings is 1. The van der Waals surface area contributed by atoms with Gasteiger partial charge >= 0.3 is 0 Å². The van der Waals surface area contributed by atoms with Gasteiger partial charge in [0.1, 0.15) is 11.6 Å². The molecule has 0 aliphatic rings. The third-order valence-corrected chi connectivity index (χ3v) is 2.53. The molecule has 2 N–H and O–H groups in total. The van der Waals surface area contributed by atoms with E-state index in [0.717, 1.165) is 11.8 Å². The molecule has 1 aromatic carbocycles. The van der Waals surface area contributed by atoms with E-state index in [1.54, 1.807) is 10.8 Å². The Bertz CT molecular complexity index is 518. The second-order valence-corrected chi connectivity index (χ2v) is 4.15. The highest BCUT2D eigenvalue weighted by atomic mass is 19.1. The van der Waals surface area contributed by atoms with Crippen LogP contribution in [0.25, 0.3) is 5.69 Å². The van der Waals surface area contributed by atoms with E-state index < -0.39 is 11.6 Å². The topological polar surface area (TPSA) is 30.9 Å². The molecule has 1 unspecified atom stereocenters. The van der Waals surface area contributed by atoms with E-state index in [2.05, 4.69) is 0 Å². The number of aromatic nitrogens is 1. The smallest absolute Gasteiger partial charge is 0.150 e. The molecule has 0 spiro atoms. The quantitative estimate of drug-likeness (QED) is 0.872. The normalized spacial score (nSPS) is 12.7. The second kappa shape index (κ2) is 4.67. The Morgan fingerprint density at radius 3 is 2.71 bits per heavy atom. The van der Waals surface area contributed by atoms with Gasteiger partial charge in [-0.2, -0.15) is 0 Å². The molecule has 1 aromatic heterocycles. The standard InChI is InChI=1S/C13H14F2N2/c1-9(16)7-11-3-2-6-17(11)13-5-4-10(14)8-12(13)15/h2-6,8-9H,7,16H2,1H3. The fourth-order valence-corrected chi connectivity index (χ4v) is 1.82. The molecular formula is C13H14F2N2. The van der Waals surface area contributed by atoms with Crippen LogP contribution in [0.3, 0.4) is 0 Å². The minimum Gasteiger partial charge on any atom is -0.328 e. The van der Waals surface area contributed by atoms with E-state index >= 15 is 0 Å². The van der Waals surface area contributed by atoms with Crippen molar-refractivity contribution in [3.05, 3.63) is 53.9 Å². The minimum absolute atomic E-state index is 0.00726. The van der Waals surface area contributed by atoms with Crippen molar-refractivity contribution in [2.24, 2.45) is 5.73 Å². The van der Waals surface area contributed by atoms with Gasteiger partial charge in [-0.3, -0.25) is 0 Å². The Morgan fingerprint density at radius 1 is 1.29 bits per heavy atom. The maximum Gasteiger partial charge on any atom is 0.150 e. The first-order valence-electron chi connectivity index (χ1n) is 5.45. The molecule has 2 rings (SSSR count). The lowest BCUT2D eigenvalue weighted by Gasteiger charge is -2.12. The summed E-state index contributed by atoms with van der Waals surface area (Å²) in [4.78, 5) is 0. The molecule has 1 atom stereocenters. The molecule has 17 heavy (non-hydrogen) atoms. The van der Waals surface area contributed by atoms with Gasteiger partial charge < -0.3 is 10.3 Å². The minimum atomic E-state index is -0.577. The second-order valence-electron chi connectivity index (χ2n) is 4.15. The summed E-state index contributed by atoms with van der Waals surface area (Å²) in [6.07, 6.45) is 2.39. The summed E-state index contributed by atoms with van der Waals surface area (Å²) in [5.74, 6) is -1.15. The highest BCUT2D eigenvalue weighted by Gasteiger charge is 2.10. The molecule has 0 amide bonds. The number of nitrogens with two attached hydrogens (primary N) is 1. The summed E-state index contributed by atoms with van der Waals surface area (Å²) >= 11 is 0. The van der Waals surface area contributed by atoms with Crippen molar-refractivity contribution in [2.45, 2.75) is 19.4 Å². The summed E-state index contributed by atoms with van der Waals surface area (Å²) in [6.45, 7) is 1.89. The maximum atomic E-state index is 13.6. The molecule has 0 fully saturated rings. The molecule has 0 bridgehead atoms. The van der Waals surface area contributed by atoms with Crippen LogP contribution in [-0.2, 0) is 6.42 Å². The van der Waals surface area contributed by atoms with E-state index in [9.17, 15) is 8.78 Å². The largest absolute Gasteiger partial charge is 0.328 e. The van der Waals surface area contributed by atoms with Crippen LogP contribution in [0.2, 0.25) is 0 Å². The van der Waals surface area contributed by atoms with Gasteiger partial charge in [0.2, 0.25) is 0 Å². The first-order valence-corrected chi connectivity index (χ1v) is 5.45. The first-order chi connectivity index (χ1) is 8.08. The highest BCUT2D eigenvalue weighted by molar-refractivity contribution is 5.37. The number of hydrogen-bond acceptors (Lipinski definition) is 1. The molecule has 90 valence electrons. The molecule has 0 saturated heterocycles. The van der Waals surface area contributed by atoms with Crippen molar-refractivity contribution >= 4 is 0 Å². The van der Waals surface area contributed by atoms with E-state index in [0.29, 0.717) is 12.1 Å². The summed E-state index contributed by atoms with van der Waals surface area (Å²) in [5, 5.41) is 0. The average molecular weight is 236 g/mol. The molecule has 0 aliphatic heterocycles. The molecule has 0 radical (unpaired) electrons. The Balaban J connectivity index is 2.42. The fraction of sp³-hybridized carbons (Fsp3) is 0.231. The molecule has 1 heterocycles. The highest BCUT2D eigenvalue weighted by Crippen LogP contribution is 2.18. The van der Waals surface area contributed by atoms with Crippen LogP contribution in [0.4, 0.5) is 8.78 Å². The van der Waals surface area contributed by atoms with E-state index in [1.165, 1.54) is 12.1 Å². The summed E-state index contributed by atoms with van der Waals surface area (Å²) in [6, 6.07) is 7.24. The fourth-order valence-electron chi connectivity index (χ4n) is 1.82. The lowest BCUT2D eigenvalue weighted by atomic mass is 10.2. The maximum absolute atomic E-state index is 13.6. The lowest BCUT2D eigenvalue weighted by molar-refractivity contribution is 0.575. The third-order valence-electron chi connectivity index (χ3n) is 2.53. The number of hydrogen-bond donors (Lipinski definition) is 1. The van der Waals surface area contributed by atoms with Crippen molar-refractivity contribution in [3.8, 4) is 5.69 Å². The number of rotatable bonds is 3. The zero-order valence-corrected chi connectivity index (χ0v) is 9.53. The van der Waals surface area contributed by atoms with Gasteiger partial charge in [0, 0.05) is 30.4 Å². The van der Waals surface area contributed by atoms with Crippen molar-refractivity contribution < 1.29 is 8.78 Å². The van der Waals surface area contributed by atoms with E-state index in [4.69, 9.17) is 5.73 Å². The first kappa shape index (κ1) is 11.8. The summed E-state index contributed by atoms with van der Waals surface area (Å²) in [5.41, 5.74) is 6.97. The van der Waals surface area contributed by atoms with Crippen LogP contribution in [0.5, 0.6) is 0 Å². The van der Waals surface area contributed by atoms with Crippen molar-refractivity contribution in [1.82, 2.24) is 4.57 Å². The summed E-state index contributed by atoms with van der Waals surface area (Å²) < 4.78 is 28.2. The monoisotopic (exact) mass is 236 g/mol. The van der Waals surface area contributed by atoms with Gasteiger partial charge in [0.15, 0.2) is 0 Å². The molecule has 4 heteroatoms. The van der Waals surface area contributed by atoms with Crippen LogP contribution in [0.15, 0.2) is 36.5 Å². The van der Waals surface area contributed by atoms with Crippen molar-refractivity contribution in [3.63, 3.8) is 0 Å². The van der Waals surface area contributed by atoms with E-state index in [-0.39, 0.29) is 6.04 Å². The van der Waals surface area contributed by atoms with Crippen molar-refractivity contribution in [2.75, 3.05) is 0 Å². The lowest BCUT2D eigenvalue weighted by Crippen LogP contribution is -2.19. The van der Waals surface area contributed by atoms with E-state index in [1.807, 2.05) is 19.1 Å². The molecule has 2 nitrogen and oxygen atoms in total. The third kappa shape index (κ3) is 2.53. The number of nitrogens with zero attached hydrogens (tertiary/aromatic N) is 1. The zero-order chi connectivity index (χ0) is 12.4. The van der Waals surface area contributed by atoms with Gasteiger partial charge in [0.25, 0.3) is 0 Å². The Kier molecular flexibility index (Phi) is 3.24. The Hall–Kier alpha value is -1.68. The van der Waals surface area contributed by atoms with Gasteiger partial charge in [0.05, 0.1) is 5.69 Å². The molecule has 0 aliphatic carbocycles. The Morgan fingerprint density at radius 2 is 2.06 bits per heavy atom.